The van der Waals surface area contributed by atoms with Gasteiger partial charge in [0, 0.05) is 12.2 Å². The van der Waals surface area contributed by atoms with Crippen LogP contribution in [0.25, 0.3) is 5.65 Å². The van der Waals surface area contributed by atoms with Crippen molar-refractivity contribution in [3.63, 3.8) is 0 Å². The van der Waals surface area contributed by atoms with Crippen LogP contribution in [0.1, 0.15) is 40.8 Å². The van der Waals surface area contributed by atoms with Crippen molar-refractivity contribution in [2.45, 2.75) is 33.7 Å². The summed E-state index contributed by atoms with van der Waals surface area (Å²) in [6, 6.07) is 1.25. The number of carbonyl (C=O) groups is 1. The quantitative estimate of drug-likeness (QED) is 0.796. The van der Waals surface area contributed by atoms with Crippen molar-refractivity contribution in [2.75, 3.05) is 5.32 Å². The fourth-order valence-corrected chi connectivity index (χ4v) is 2.51. The highest BCUT2D eigenvalue weighted by atomic mass is 19.3. The van der Waals surface area contributed by atoms with Crippen LogP contribution in [0.3, 0.4) is 0 Å². The van der Waals surface area contributed by atoms with E-state index in [1.54, 1.807) is 17.8 Å². The van der Waals surface area contributed by atoms with Crippen LogP contribution in [0.5, 0.6) is 0 Å². The van der Waals surface area contributed by atoms with Gasteiger partial charge in [0.2, 0.25) is 0 Å². The van der Waals surface area contributed by atoms with Gasteiger partial charge in [-0.1, -0.05) is 0 Å². The number of hydrogen-bond acceptors (Lipinski definition) is 4. The SMILES string of the molecule is CCn1ncc(NC(=O)c2cnn3c(C(F)F)cc(C)nc23)c1C. The zero-order valence-electron chi connectivity index (χ0n) is 13.4. The number of hydrogen-bond donors (Lipinski definition) is 1. The minimum atomic E-state index is -2.71. The summed E-state index contributed by atoms with van der Waals surface area (Å²) in [5.74, 6) is -0.470. The lowest BCUT2D eigenvalue weighted by molar-refractivity contribution is 0.102. The summed E-state index contributed by atoms with van der Waals surface area (Å²) < 4.78 is 29.0. The van der Waals surface area contributed by atoms with E-state index >= 15 is 0 Å². The van der Waals surface area contributed by atoms with Gasteiger partial charge in [0.05, 0.1) is 23.8 Å². The summed E-state index contributed by atoms with van der Waals surface area (Å²) in [7, 11) is 0. The molecule has 0 unspecified atom stereocenters. The van der Waals surface area contributed by atoms with E-state index in [2.05, 4.69) is 20.5 Å². The lowest BCUT2D eigenvalue weighted by Crippen LogP contribution is -2.13. The van der Waals surface area contributed by atoms with Crippen molar-refractivity contribution in [1.82, 2.24) is 24.4 Å². The molecule has 0 aliphatic rings. The van der Waals surface area contributed by atoms with E-state index in [1.807, 2.05) is 13.8 Å². The Morgan fingerprint density at radius 1 is 1.29 bits per heavy atom. The Labute approximate surface area is 136 Å². The number of nitrogens with zero attached hydrogens (tertiary/aromatic N) is 5. The zero-order valence-corrected chi connectivity index (χ0v) is 13.4. The van der Waals surface area contributed by atoms with Crippen LogP contribution in [0.4, 0.5) is 14.5 Å². The second kappa shape index (κ2) is 5.99. The van der Waals surface area contributed by atoms with E-state index in [1.165, 1.54) is 12.3 Å². The number of aryl methyl sites for hydroxylation is 2. The molecule has 126 valence electrons. The Hall–Kier alpha value is -2.84. The Balaban J connectivity index is 2.00. The van der Waals surface area contributed by atoms with Gasteiger partial charge in [-0.15, -0.1) is 0 Å². The minimum absolute atomic E-state index is 0.100. The molecule has 1 amide bonds. The number of nitrogens with one attached hydrogen (secondary N) is 1. The maximum Gasteiger partial charge on any atom is 0.280 e. The average Bonchev–Trinajstić information content (AvgIpc) is 3.10. The number of fused-ring (bicyclic) bond motifs is 1. The van der Waals surface area contributed by atoms with Crippen LogP contribution in [0.2, 0.25) is 0 Å². The van der Waals surface area contributed by atoms with Crippen LogP contribution in [-0.4, -0.2) is 30.3 Å². The first kappa shape index (κ1) is 16.0. The van der Waals surface area contributed by atoms with Crippen molar-refractivity contribution in [2.24, 2.45) is 0 Å². The van der Waals surface area contributed by atoms with Gasteiger partial charge in [-0.05, 0) is 26.8 Å². The third kappa shape index (κ3) is 2.61. The van der Waals surface area contributed by atoms with E-state index in [0.717, 1.165) is 10.2 Å². The van der Waals surface area contributed by atoms with Gasteiger partial charge in [-0.3, -0.25) is 9.48 Å². The highest BCUT2D eigenvalue weighted by Crippen LogP contribution is 2.22. The highest BCUT2D eigenvalue weighted by Gasteiger charge is 2.21. The Morgan fingerprint density at radius 2 is 2.04 bits per heavy atom. The largest absolute Gasteiger partial charge is 0.319 e. The topological polar surface area (TPSA) is 77.1 Å². The lowest BCUT2D eigenvalue weighted by Gasteiger charge is -2.06. The summed E-state index contributed by atoms with van der Waals surface area (Å²) >= 11 is 0. The van der Waals surface area contributed by atoms with E-state index in [9.17, 15) is 13.6 Å². The highest BCUT2D eigenvalue weighted by molar-refractivity contribution is 6.08. The predicted molar refractivity (Wildman–Crippen MR) is 83.3 cm³/mol. The molecule has 9 heteroatoms. The van der Waals surface area contributed by atoms with E-state index in [-0.39, 0.29) is 16.9 Å². The third-order valence-electron chi connectivity index (χ3n) is 3.75. The monoisotopic (exact) mass is 334 g/mol. The second-order valence-electron chi connectivity index (χ2n) is 5.33. The van der Waals surface area contributed by atoms with Crippen LogP contribution < -0.4 is 5.32 Å². The van der Waals surface area contributed by atoms with E-state index in [0.29, 0.717) is 17.9 Å². The smallest absolute Gasteiger partial charge is 0.280 e. The second-order valence-corrected chi connectivity index (χ2v) is 5.33. The first-order valence-electron chi connectivity index (χ1n) is 7.39. The number of alkyl halides is 2. The van der Waals surface area contributed by atoms with Gasteiger partial charge in [0.25, 0.3) is 12.3 Å². The molecular weight excluding hydrogens is 318 g/mol. The average molecular weight is 334 g/mol. The summed E-state index contributed by atoms with van der Waals surface area (Å²) in [4.78, 5) is 16.7. The molecule has 24 heavy (non-hydrogen) atoms. The number of aromatic nitrogens is 5. The van der Waals surface area contributed by atoms with Crippen molar-refractivity contribution in [3.8, 4) is 0 Å². The molecular formula is C15H16F2N6O. The maximum absolute atomic E-state index is 13.1. The molecule has 0 aromatic carbocycles. The van der Waals surface area contributed by atoms with Crippen molar-refractivity contribution in [1.29, 1.82) is 0 Å². The number of halogens is 2. The Morgan fingerprint density at radius 3 is 2.67 bits per heavy atom. The van der Waals surface area contributed by atoms with Crippen LogP contribution >= 0.6 is 0 Å². The first-order chi connectivity index (χ1) is 11.4. The molecule has 0 saturated carbocycles. The van der Waals surface area contributed by atoms with Gasteiger partial charge >= 0.3 is 0 Å². The van der Waals surface area contributed by atoms with Gasteiger partial charge in [-0.2, -0.15) is 10.2 Å². The molecule has 0 saturated heterocycles. The predicted octanol–water partition coefficient (Wildman–Crippen LogP) is 2.75. The lowest BCUT2D eigenvalue weighted by atomic mass is 10.2. The number of rotatable bonds is 4. The van der Waals surface area contributed by atoms with Gasteiger partial charge < -0.3 is 5.32 Å². The van der Waals surface area contributed by atoms with Gasteiger partial charge in [0.15, 0.2) is 5.65 Å². The maximum atomic E-state index is 13.1. The van der Waals surface area contributed by atoms with Crippen molar-refractivity contribution in [3.05, 3.63) is 41.1 Å². The van der Waals surface area contributed by atoms with E-state index in [4.69, 9.17) is 0 Å². The minimum Gasteiger partial charge on any atom is -0.319 e. The van der Waals surface area contributed by atoms with Crippen molar-refractivity contribution >= 4 is 17.2 Å². The van der Waals surface area contributed by atoms with Crippen LogP contribution in [-0.2, 0) is 6.54 Å². The molecule has 0 bridgehead atoms. The van der Waals surface area contributed by atoms with Crippen LogP contribution in [0.15, 0.2) is 18.5 Å². The van der Waals surface area contributed by atoms with Gasteiger partial charge in [0.1, 0.15) is 11.3 Å². The molecule has 0 spiro atoms. The van der Waals surface area contributed by atoms with Crippen molar-refractivity contribution < 1.29 is 13.6 Å². The number of carbonyl (C=O) groups excluding carboxylic acids is 1. The standard InChI is InChI=1S/C15H16F2N6O/c1-4-22-9(3)11(7-18-22)21-15(24)10-6-19-23-12(13(16)17)5-8(2)20-14(10)23/h5-7,13H,4H2,1-3H3,(H,21,24). The molecule has 0 aliphatic carbocycles. The fraction of sp³-hybridized carbons (Fsp3) is 0.333. The summed E-state index contributed by atoms with van der Waals surface area (Å²) in [6.45, 7) is 6.04. The molecule has 3 aromatic rings. The molecule has 7 nitrogen and oxygen atoms in total. The molecule has 1 N–H and O–H groups in total. The normalized spacial score (nSPS) is 11.4. The van der Waals surface area contributed by atoms with Crippen LogP contribution in [0, 0.1) is 13.8 Å². The van der Waals surface area contributed by atoms with Gasteiger partial charge in [-0.25, -0.2) is 18.3 Å². The first-order valence-corrected chi connectivity index (χ1v) is 7.39. The fourth-order valence-electron chi connectivity index (χ4n) is 2.51. The molecule has 0 radical (unpaired) electrons. The molecule has 0 aliphatic heterocycles. The molecule has 0 atom stereocenters. The number of amides is 1. The molecule has 0 fully saturated rings. The Bertz CT molecular complexity index is 914. The Kier molecular flexibility index (Phi) is 4.00. The summed E-state index contributed by atoms with van der Waals surface area (Å²) in [5, 5.41) is 10.8. The molecule has 3 aromatic heterocycles. The third-order valence-corrected chi connectivity index (χ3v) is 3.75. The summed E-state index contributed by atoms with van der Waals surface area (Å²) in [6.07, 6.45) is 0.0731. The van der Waals surface area contributed by atoms with E-state index < -0.39 is 12.3 Å². The zero-order chi connectivity index (χ0) is 17.4. The number of anilines is 1. The summed E-state index contributed by atoms with van der Waals surface area (Å²) in [5.41, 5.74) is 1.68. The molecule has 3 heterocycles. The molecule has 3 rings (SSSR count).